The van der Waals surface area contributed by atoms with Crippen molar-refractivity contribution in [1.82, 2.24) is 25.0 Å². The lowest BCUT2D eigenvalue weighted by atomic mass is 9.95. The third-order valence-corrected chi connectivity index (χ3v) is 5.39. The van der Waals surface area contributed by atoms with Crippen LogP contribution >= 0.6 is 11.6 Å². The summed E-state index contributed by atoms with van der Waals surface area (Å²) in [7, 11) is 0. The van der Waals surface area contributed by atoms with E-state index in [1.807, 2.05) is 28.9 Å². The van der Waals surface area contributed by atoms with Crippen LogP contribution in [0, 0.1) is 0 Å². The first-order valence-corrected chi connectivity index (χ1v) is 10.3. The van der Waals surface area contributed by atoms with Crippen molar-refractivity contribution in [3.05, 3.63) is 40.7 Å². The van der Waals surface area contributed by atoms with E-state index in [1.165, 1.54) is 0 Å². The second-order valence-electron chi connectivity index (χ2n) is 9.16. The van der Waals surface area contributed by atoms with Gasteiger partial charge in [0.2, 0.25) is 0 Å². The van der Waals surface area contributed by atoms with Gasteiger partial charge < -0.3 is 9.64 Å². The molecular formula is C21H27ClN6O. The minimum absolute atomic E-state index is 0.204. The van der Waals surface area contributed by atoms with Gasteiger partial charge in [0.1, 0.15) is 5.82 Å². The molecule has 0 saturated carbocycles. The number of nitrogens with zero attached hydrogens (tertiary/aromatic N) is 6. The lowest BCUT2D eigenvalue weighted by Gasteiger charge is -2.39. The first-order valence-electron chi connectivity index (χ1n) is 9.88. The van der Waals surface area contributed by atoms with Gasteiger partial charge in [-0.25, -0.2) is 14.6 Å². The van der Waals surface area contributed by atoms with Gasteiger partial charge in [0.05, 0.1) is 18.8 Å². The summed E-state index contributed by atoms with van der Waals surface area (Å²) in [4.78, 5) is 12.0. The van der Waals surface area contributed by atoms with E-state index in [0.29, 0.717) is 23.7 Å². The molecule has 0 atom stereocenters. The highest BCUT2D eigenvalue weighted by molar-refractivity contribution is 6.31. The van der Waals surface area contributed by atoms with Crippen LogP contribution in [0.2, 0.25) is 5.02 Å². The van der Waals surface area contributed by atoms with E-state index in [0.717, 1.165) is 35.9 Å². The average Bonchev–Trinajstić information content (AvgIpc) is 3.04. The predicted molar refractivity (Wildman–Crippen MR) is 115 cm³/mol. The van der Waals surface area contributed by atoms with Crippen LogP contribution < -0.4 is 4.90 Å². The highest BCUT2D eigenvalue weighted by Crippen LogP contribution is 2.30. The fourth-order valence-corrected chi connectivity index (χ4v) is 3.69. The molecule has 0 aliphatic carbocycles. The lowest BCUT2D eigenvalue weighted by molar-refractivity contribution is -0.0278. The molecule has 0 N–H and O–H groups in total. The standard InChI is InChI=1S/C21H27ClN6O/c1-20(2,3)19-23-17(27-10-11-29-21(4,5)13-27)16-18(24-19)28(26-25-16)12-14-8-6-7-9-15(14)22/h6-9H,10-13H2,1-5H3. The summed E-state index contributed by atoms with van der Waals surface area (Å²) >= 11 is 6.36. The molecule has 1 aliphatic rings. The van der Waals surface area contributed by atoms with E-state index in [4.69, 9.17) is 26.3 Å². The molecular weight excluding hydrogens is 388 g/mol. The van der Waals surface area contributed by atoms with Crippen molar-refractivity contribution in [1.29, 1.82) is 0 Å². The van der Waals surface area contributed by atoms with Gasteiger partial charge in [-0.15, -0.1) is 5.10 Å². The second-order valence-corrected chi connectivity index (χ2v) is 9.57. The van der Waals surface area contributed by atoms with Crippen molar-refractivity contribution in [3.63, 3.8) is 0 Å². The zero-order valence-corrected chi connectivity index (χ0v) is 18.4. The number of ether oxygens (including phenoxy) is 1. The van der Waals surface area contributed by atoms with E-state index in [2.05, 4.69) is 49.8 Å². The van der Waals surface area contributed by atoms with E-state index in [9.17, 15) is 0 Å². The van der Waals surface area contributed by atoms with Crippen molar-refractivity contribution in [3.8, 4) is 0 Å². The molecule has 1 saturated heterocycles. The Bertz CT molecular complexity index is 1040. The number of morpholine rings is 1. The molecule has 0 radical (unpaired) electrons. The number of benzene rings is 1. The third-order valence-electron chi connectivity index (χ3n) is 5.02. The topological polar surface area (TPSA) is 69.0 Å². The van der Waals surface area contributed by atoms with Gasteiger partial charge in [-0.1, -0.05) is 55.8 Å². The van der Waals surface area contributed by atoms with Gasteiger partial charge in [0, 0.05) is 23.5 Å². The second kappa shape index (κ2) is 7.22. The Balaban J connectivity index is 1.83. The van der Waals surface area contributed by atoms with Gasteiger partial charge in [-0.3, -0.25) is 0 Å². The normalized spacial score (nSPS) is 17.1. The molecule has 1 aromatic carbocycles. The molecule has 2 aromatic heterocycles. The number of anilines is 1. The fraction of sp³-hybridized carbons (Fsp3) is 0.524. The maximum absolute atomic E-state index is 6.36. The van der Waals surface area contributed by atoms with Crippen LogP contribution in [0.15, 0.2) is 24.3 Å². The zero-order valence-electron chi connectivity index (χ0n) is 17.6. The summed E-state index contributed by atoms with van der Waals surface area (Å²) in [5.41, 5.74) is 1.97. The summed E-state index contributed by atoms with van der Waals surface area (Å²) in [5, 5.41) is 9.55. The summed E-state index contributed by atoms with van der Waals surface area (Å²) in [6.07, 6.45) is 0. The van der Waals surface area contributed by atoms with Crippen molar-refractivity contribution in [2.24, 2.45) is 0 Å². The number of rotatable bonds is 3. The molecule has 4 rings (SSSR count). The van der Waals surface area contributed by atoms with E-state index >= 15 is 0 Å². The van der Waals surface area contributed by atoms with Crippen LogP contribution in [0.25, 0.3) is 11.2 Å². The van der Waals surface area contributed by atoms with E-state index in [-0.39, 0.29) is 11.0 Å². The first-order chi connectivity index (χ1) is 13.6. The molecule has 1 fully saturated rings. The van der Waals surface area contributed by atoms with Crippen LogP contribution in [0.5, 0.6) is 0 Å². The molecule has 7 nitrogen and oxygen atoms in total. The van der Waals surface area contributed by atoms with E-state index in [1.54, 1.807) is 0 Å². The molecule has 29 heavy (non-hydrogen) atoms. The third kappa shape index (κ3) is 4.07. The van der Waals surface area contributed by atoms with Gasteiger partial charge >= 0.3 is 0 Å². The zero-order chi connectivity index (χ0) is 20.8. The Labute approximate surface area is 176 Å². The van der Waals surface area contributed by atoms with Crippen LogP contribution in [-0.4, -0.2) is 50.3 Å². The molecule has 1 aliphatic heterocycles. The summed E-state index contributed by atoms with van der Waals surface area (Å²) in [6, 6.07) is 7.76. The van der Waals surface area contributed by atoms with Gasteiger partial charge in [0.15, 0.2) is 17.0 Å². The molecule has 0 bridgehead atoms. The Morgan fingerprint density at radius 1 is 1.17 bits per heavy atom. The van der Waals surface area contributed by atoms with Crippen LogP contribution in [-0.2, 0) is 16.7 Å². The minimum Gasteiger partial charge on any atom is -0.372 e. The monoisotopic (exact) mass is 414 g/mol. The molecule has 8 heteroatoms. The fourth-order valence-electron chi connectivity index (χ4n) is 3.49. The molecule has 0 spiro atoms. The van der Waals surface area contributed by atoms with Crippen molar-refractivity contribution < 1.29 is 4.74 Å². The van der Waals surface area contributed by atoms with Gasteiger partial charge in [-0.2, -0.15) is 0 Å². The molecule has 3 aromatic rings. The molecule has 154 valence electrons. The Morgan fingerprint density at radius 2 is 1.93 bits per heavy atom. The van der Waals surface area contributed by atoms with E-state index < -0.39 is 0 Å². The smallest absolute Gasteiger partial charge is 0.184 e. The quantitative estimate of drug-likeness (QED) is 0.648. The maximum atomic E-state index is 6.36. The van der Waals surface area contributed by atoms with Crippen molar-refractivity contribution >= 4 is 28.6 Å². The maximum Gasteiger partial charge on any atom is 0.184 e. The lowest BCUT2D eigenvalue weighted by Crippen LogP contribution is -2.48. The van der Waals surface area contributed by atoms with Crippen LogP contribution in [0.3, 0.4) is 0 Å². The van der Waals surface area contributed by atoms with Gasteiger partial charge in [-0.05, 0) is 25.5 Å². The highest BCUT2D eigenvalue weighted by Gasteiger charge is 2.31. The van der Waals surface area contributed by atoms with Crippen LogP contribution in [0.4, 0.5) is 5.82 Å². The van der Waals surface area contributed by atoms with Crippen molar-refractivity contribution in [2.75, 3.05) is 24.6 Å². The number of aromatic nitrogens is 5. The summed E-state index contributed by atoms with van der Waals surface area (Å²) in [6.45, 7) is 13.2. The number of fused-ring (bicyclic) bond motifs is 1. The SMILES string of the molecule is CC1(C)CN(c2nc(C(C)(C)C)nc3c2nnn3Cc2ccccc2Cl)CCO1. The first kappa shape index (κ1) is 20.0. The van der Waals surface area contributed by atoms with Crippen molar-refractivity contribution in [2.45, 2.75) is 52.2 Å². The number of halogens is 1. The van der Waals surface area contributed by atoms with Crippen LogP contribution in [0.1, 0.15) is 46.0 Å². The Morgan fingerprint density at radius 3 is 2.62 bits per heavy atom. The number of hydrogen-bond donors (Lipinski definition) is 0. The number of hydrogen-bond acceptors (Lipinski definition) is 6. The molecule has 3 heterocycles. The molecule has 0 unspecified atom stereocenters. The Hall–Kier alpha value is -2.25. The average molecular weight is 415 g/mol. The predicted octanol–water partition coefficient (Wildman–Crippen LogP) is 3.84. The highest BCUT2D eigenvalue weighted by atomic mass is 35.5. The van der Waals surface area contributed by atoms with Gasteiger partial charge in [0.25, 0.3) is 0 Å². The molecule has 0 amide bonds. The largest absolute Gasteiger partial charge is 0.372 e. The Kier molecular flexibility index (Phi) is 4.99. The minimum atomic E-state index is -0.245. The summed E-state index contributed by atoms with van der Waals surface area (Å²) < 4.78 is 7.69. The summed E-state index contributed by atoms with van der Waals surface area (Å²) in [5.74, 6) is 1.59.